The molecule has 3 aromatic rings. The van der Waals surface area contributed by atoms with Crippen LogP contribution in [-0.4, -0.2) is 47.2 Å². The molecule has 0 saturated carbocycles. The molecule has 1 amide bonds. The summed E-state index contributed by atoms with van der Waals surface area (Å²) >= 11 is 2.57. The number of carboxylic acid groups (broad SMARTS) is 1. The number of nitrogens with zero attached hydrogens (tertiary/aromatic N) is 5. The first kappa shape index (κ1) is 23.4. The molecule has 9 nitrogen and oxygen atoms in total. The first-order chi connectivity index (χ1) is 14.3. The van der Waals surface area contributed by atoms with Crippen LogP contribution in [-0.2, 0) is 22.6 Å². The molecule has 0 fully saturated rings. The van der Waals surface area contributed by atoms with E-state index in [1.54, 1.807) is 24.6 Å². The Hall–Kier alpha value is -2.86. The highest BCUT2D eigenvalue weighted by Crippen LogP contribution is 2.26. The number of aliphatic carboxylic acids is 1. The zero-order valence-electron chi connectivity index (χ0n) is 16.4. The standard InChI is InChI=1S/C13H14FN3O2S.C5H7N3OS/c1-3-17-11(9-4-6-10(14)7-5-9)15-16-13(17)20-8(2)12(18)19;6-4(9)1-2-5-8-7-3-10-5/h4-8H,3H2,1-2H3,(H,18,19);3H,1-2H2,(H2,6,9). The maximum atomic E-state index is 12.9. The molecule has 0 aliphatic heterocycles. The van der Waals surface area contributed by atoms with Gasteiger partial charge >= 0.3 is 5.97 Å². The molecule has 0 aliphatic carbocycles. The third kappa shape index (κ3) is 6.88. The number of benzene rings is 1. The summed E-state index contributed by atoms with van der Waals surface area (Å²) in [4.78, 5) is 21.2. The van der Waals surface area contributed by atoms with E-state index in [4.69, 9.17) is 10.8 Å². The fourth-order valence-corrected chi connectivity index (χ4v) is 3.59. The van der Waals surface area contributed by atoms with E-state index < -0.39 is 11.2 Å². The lowest BCUT2D eigenvalue weighted by atomic mass is 10.2. The van der Waals surface area contributed by atoms with Gasteiger partial charge < -0.3 is 15.4 Å². The van der Waals surface area contributed by atoms with Gasteiger partial charge in [-0.15, -0.1) is 31.7 Å². The van der Waals surface area contributed by atoms with Crippen LogP contribution in [0.2, 0.25) is 0 Å². The first-order valence-corrected chi connectivity index (χ1v) is 10.7. The summed E-state index contributed by atoms with van der Waals surface area (Å²) in [5.41, 5.74) is 7.31. The van der Waals surface area contributed by atoms with E-state index in [-0.39, 0.29) is 11.7 Å². The molecule has 30 heavy (non-hydrogen) atoms. The number of hydrogen-bond acceptors (Lipinski definition) is 8. The van der Waals surface area contributed by atoms with Crippen molar-refractivity contribution in [3.05, 3.63) is 40.6 Å². The SMILES string of the molecule is CCn1c(SC(C)C(=O)O)nnc1-c1ccc(F)cc1.NC(=O)CCc1nncs1. The van der Waals surface area contributed by atoms with Gasteiger partial charge in [0.05, 0.1) is 0 Å². The quantitative estimate of drug-likeness (QED) is 0.498. The first-order valence-electron chi connectivity index (χ1n) is 8.93. The highest BCUT2D eigenvalue weighted by molar-refractivity contribution is 8.00. The van der Waals surface area contributed by atoms with Crippen molar-refractivity contribution in [2.24, 2.45) is 5.73 Å². The van der Waals surface area contributed by atoms with Gasteiger partial charge in [0.2, 0.25) is 5.91 Å². The molecule has 0 saturated heterocycles. The summed E-state index contributed by atoms with van der Waals surface area (Å²) in [5.74, 6) is -0.905. The van der Waals surface area contributed by atoms with Crippen LogP contribution < -0.4 is 5.73 Å². The normalized spacial score (nSPS) is 11.4. The van der Waals surface area contributed by atoms with Crippen LogP contribution in [0.3, 0.4) is 0 Å². The molecule has 0 aliphatic rings. The van der Waals surface area contributed by atoms with Crippen LogP contribution in [0, 0.1) is 5.82 Å². The Labute approximate surface area is 180 Å². The van der Waals surface area contributed by atoms with Crippen LogP contribution in [0.25, 0.3) is 11.4 Å². The lowest BCUT2D eigenvalue weighted by molar-refractivity contribution is -0.136. The minimum Gasteiger partial charge on any atom is -0.480 e. The van der Waals surface area contributed by atoms with Crippen LogP contribution in [0.4, 0.5) is 4.39 Å². The van der Waals surface area contributed by atoms with Gasteiger partial charge in [-0.25, -0.2) is 4.39 Å². The second-order valence-electron chi connectivity index (χ2n) is 5.95. The topological polar surface area (TPSA) is 137 Å². The van der Waals surface area contributed by atoms with E-state index in [9.17, 15) is 14.0 Å². The van der Waals surface area contributed by atoms with E-state index >= 15 is 0 Å². The summed E-state index contributed by atoms with van der Waals surface area (Å²) in [6.45, 7) is 4.12. The van der Waals surface area contributed by atoms with Crippen LogP contribution in [0.5, 0.6) is 0 Å². The Bertz CT molecular complexity index is 963. The van der Waals surface area contributed by atoms with Crippen molar-refractivity contribution in [1.82, 2.24) is 25.0 Å². The molecule has 0 bridgehead atoms. The third-order valence-corrected chi connectivity index (χ3v) is 5.58. The summed E-state index contributed by atoms with van der Waals surface area (Å²) in [6.07, 6.45) is 0.967. The van der Waals surface area contributed by atoms with Crippen molar-refractivity contribution < 1.29 is 19.1 Å². The summed E-state index contributed by atoms with van der Waals surface area (Å²) in [7, 11) is 0. The molecular formula is C18H21FN6O3S2. The Kier molecular flexibility index (Phi) is 8.87. The second kappa shape index (κ2) is 11.4. The van der Waals surface area contributed by atoms with Crippen molar-refractivity contribution in [2.75, 3.05) is 0 Å². The number of aryl methyl sites for hydroxylation is 1. The van der Waals surface area contributed by atoms with Crippen molar-refractivity contribution >= 4 is 35.0 Å². The van der Waals surface area contributed by atoms with Crippen LogP contribution in [0.15, 0.2) is 34.9 Å². The monoisotopic (exact) mass is 452 g/mol. The maximum Gasteiger partial charge on any atom is 0.316 e. The lowest BCUT2D eigenvalue weighted by Crippen LogP contribution is -2.13. The summed E-state index contributed by atoms with van der Waals surface area (Å²) in [6, 6.07) is 5.97. The molecule has 2 aromatic heterocycles. The molecule has 0 radical (unpaired) electrons. The van der Waals surface area contributed by atoms with Crippen molar-refractivity contribution in [3.63, 3.8) is 0 Å². The summed E-state index contributed by atoms with van der Waals surface area (Å²) in [5, 5.41) is 25.2. The smallest absolute Gasteiger partial charge is 0.316 e. The molecule has 3 N–H and O–H groups in total. The number of carboxylic acids is 1. The number of hydrogen-bond donors (Lipinski definition) is 2. The van der Waals surface area contributed by atoms with Crippen LogP contribution in [0.1, 0.15) is 25.3 Å². The zero-order chi connectivity index (χ0) is 22.1. The second-order valence-corrected chi connectivity index (χ2v) is 8.18. The highest BCUT2D eigenvalue weighted by Gasteiger charge is 2.19. The van der Waals surface area contributed by atoms with Crippen molar-refractivity contribution in [2.45, 2.75) is 43.6 Å². The number of primary amides is 1. The minimum atomic E-state index is -0.899. The maximum absolute atomic E-state index is 12.9. The van der Waals surface area contributed by atoms with E-state index in [1.807, 2.05) is 11.5 Å². The Morgan fingerprint density at radius 3 is 2.50 bits per heavy atom. The summed E-state index contributed by atoms with van der Waals surface area (Å²) < 4.78 is 14.8. The predicted octanol–water partition coefficient (Wildman–Crippen LogP) is 2.63. The van der Waals surface area contributed by atoms with E-state index in [0.29, 0.717) is 30.4 Å². The van der Waals surface area contributed by atoms with Gasteiger partial charge in [0.25, 0.3) is 0 Å². The Morgan fingerprint density at radius 2 is 1.97 bits per heavy atom. The number of halogens is 1. The average molecular weight is 453 g/mol. The van der Waals surface area contributed by atoms with Gasteiger partial charge in [-0.3, -0.25) is 9.59 Å². The van der Waals surface area contributed by atoms with Gasteiger partial charge in [0, 0.05) is 24.9 Å². The predicted molar refractivity (Wildman–Crippen MR) is 111 cm³/mol. The van der Waals surface area contributed by atoms with E-state index in [1.165, 1.54) is 23.5 Å². The fraction of sp³-hybridized carbons (Fsp3) is 0.333. The molecule has 1 aromatic carbocycles. The number of aromatic nitrogens is 5. The number of carbonyl (C=O) groups excluding carboxylic acids is 1. The van der Waals surface area contributed by atoms with Crippen molar-refractivity contribution in [1.29, 1.82) is 0 Å². The number of carbonyl (C=O) groups is 2. The fourth-order valence-electron chi connectivity index (χ4n) is 2.22. The largest absolute Gasteiger partial charge is 0.480 e. The van der Waals surface area contributed by atoms with Crippen molar-refractivity contribution in [3.8, 4) is 11.4 Å². The Balaban J connectivity index is 0.000000269. The molecule has 1 atom stereocenters. The highest BCUT2D eigenvalue weighted by atomic mass is 32.2. The molecular weight excluding hydrogens is 431 g/mol. The number of nitrogens with two attached hydrogens (primary N) is 1. The molecule has 0 spiro atoms. The van der Waals surface area contributed by atoms with Gasteiger partial charge in [0.1, 0.15) is 21.6 Å². The minimum absolute atomic E-state index is 0.296. The molecule has 3 rings (SSSR count). The van der Waals surface area contributed by atoms with Gasteiger partial charge in [-0.1, -0.05) is 11.8 Å². The number of thioether (sulfide) groups is 1. The number of amides is 1. The van der Waals surface area contributed by atoms with E-state index in [0.717, 1.165) is 22.3 Å². The molecule has 1 unspecified atom stereocenters. The lowest BCUT2D eigenvalue weighted by Gasteiger charge is -2.09. The van der Waals surface area contributed by atoms with E-state index in [2.05, 4.69) is 20.4 Å². The Morgan fingerprint density at radius 1 is 1.27 bits per heavy atom. The molecule has 2 heterocycles. The van der Waals surface area contributed by atoms with Gasteiger partial charge in [-0.05, 0) is 38.1 Å². The third-order valence-electron chi connectivity index (χ3n) is 3.76. The molecule has 12 heteroatoms. The van der Waals surface area contributed by atoms with Gasteiger partial charge in [0.15, 0.2) is 11.0 Å². The van der Waals surface area contributed by atoms with Crippen LogP contribution >= 0.6 is 23.1 Å². The number of rotatable bonds is 8. The van der Waals surface area contributed by atoms with Gasteiger partial charge in [-0.2, -0.15) is 0 Å². The average Bonchev–Trinajstić information content (AvgIpc) is 3.37. The molecule has 160 valence electrons. The zero-order valence-corrected chi connectivity index (χ0v) is 18.0.